The summed E-state index contributed by atoms with van der Waals surface area (Å²) in [6.07, 6.45) is -6.90. The number of benzene rings is 1. The number of aliphatic hydroxyl groups excluding tert-OH is 1. The Kier molecular flexibility index (Phi) is 12.3. The molecule has 12 atom stereocenters. The largest absolute Gasteiger partial charge is 0.456 e. The standard InChI is InChI=1S/C47H68N2O14/c1-13-49(12)22-45(11)61-33-31-26(2)29(58-39(53)32(51)35(43(9)23-56-24-43)48-40(54)63-41(4,5)6)21-47(55,42(31,7)8)37(59-38(52)28-17-15-14-16-18-28)34-44(10,36(33)62-45)20-19-30-46(34,25-57-30)60-27(3)50/h14-18,29-30,32-37,51,55H,13,19-25H2,1-12H3,(H,48,54)/t29-,30?,32+,33?,34?,35+,36?,37-,44+,45+,46-,47+/m0/s1. The molecule has 1 aromatic carbocycles. The summed E-state index contributed by atoms with van der Waals surface area (Å²) < 4.78 is 50.9. The second-order valence-corrected chi connectivity index (χ2v) is 21.1. The molecular weight excluding hydrogens is 817 g/mol. The molecule has 3 saturated heterocycles. The molecule has 2 saturated carbocycles. The number of carbonyl (C=O) groups excluding carboxylic acids is 4. The van der Waals surface area contributed by atoms with Crippen molar-refractivity contribution in [1.29, 1.82) is 0 Å². The maximum absolute atomic E-state index is 14.5. The maximum Gasteiger partial charge on any atom is 0.407 e. The molecule has 2 bridgehead atoms. The van der Waals surface area contributed by atoms with Crippen molar-refractivity contribution in [2.75, 3.05) is 40.0 Å². The Labute approximate surface area is 370 Å². The van der Waals surface area contributed by atoms with Gasteiger partial charge < -0.3 is 58.3 Å². The third-order valence-corrected chi connectivity index (χ3v) is 14.9. The number of likely N-dealkylation sites (N-methyl/N-ethyl adjacent to an activating group) is 1. The van der Waals surface area contributed by atoms with Crippen LogP contribution in [0.5, 0.6) is 0 Å². The second-order valence-electron chi connectivity index (χ2n) is 21.1. The fourth-order valence-electron chi connectivity index (χ4n) is 11.5. The molecule has 350 valence electrons. The quantitative estimate of drug-likeness (QED) is 0.160. The average Bonchev–Trinajstić information content (AvgIpc) is 3.51. The molecule has 16 heteroatoms. The molecule has 16 nitrogen and oxygen atoms in total. The van der Waals surface area contributed by atoms with Gasteiger partial charge in [0.15, 0.2) is 17.5 Å². The predicted octanol–water partition coefficient (Wildman–Crippen LogP) is 4.47. The average molecular weight is 885 g/mol. The van der Waals surface area contributed by atoms with Gasteiger partial charge in [0.1, 0.15) is 35.6 Å². The molecule has 0 spiro atoms. The number of esters is 3. The summed E-state index contributed by atoms with van der Waals surface area (Å²) in [5.41, 5.74) is -6.02. The number of hydrogen-bond donors (Lipinski definition) is 3. The third kappa shape index (κ3) is 8.09. The molecule has 1 amide bonds. The number of alkyl carbamates (subject to hydrolysis) is 1. The number of nitrogens with zero attached hydrogens (tertiary/aromatic N) is 1. The first-order chi connectivity index (χ1) is 29.2. The fourth-order valence-corrected chi connectivity index (χ4v) is 11.5. The first kappa shape index (κ1) is 47.3. The summed E-state index contributed by atoms with van der Waals surface area (Å²) >= 11 is 0. The smallest absolute Gasteiger partial charge is 0.407 e. The number of fused-ring (bicyclic) bond motifs is 8. The van der Waals surface area contributed by atoms with E-state index in [1.807, 2.05) is 48.6 Å². The van der Waals surface area contributed by atoms with Gasteiger partial charge in [0.05, 0.1) is 50.0 Å². The minimum Gasteiger partial charge on any atom is -0.456 e. The Bertz CT molecular complexity index is 1980. The van der Waals surface area contributed by atoms with Crippen molar-refractivity contribution in [3.63, 3.8) is 0 Å². The molecule has 4 unspecified atom stereocenters. The zero-order valence-corrected chi connectivity index (χ0v) is 38.9. The van der Waals surface area contributed by atoms with Crippen LogP contribution in [-0.4, -0.2) is 144 Å². The Morgan fingerprint density at radius 1 is 1.00 bits per heavy atom. The molecule has 3 aliphatic carbocycles. The molecule has 7 rings (SSSR count). The van der Waals surface area contributed by atoms with Crippen LogP contribution in [0.1, 0.15) is 106 Å². The van der Waals surface area contributed by atoms with Gasteiger partial charge in [-0.3, -0.25) is 4.79 Å². The monoisotopic (exact) mass is 884 g/mol. The van der Waals surface area contributed by atoms with Gasteiger partial charge in [-0.1, -0.05) is 52.8 Å². The highest BCUT2D eigenvalue weighted by Gasteiger charge is 2.77. The van der Waals surface area contributed by atoms with Crippen molar-refractivity contribution in [3.05, 3.63) is 47.0 Å². The Hall–Kier alpha value is -3.64. The summed E-state index contributed by atoms with van der Waals surface area (Å²) in [6.45, 7) is 21.0. The van der Waals surface area contributed by atoms with E-state index in [0.717, 1.165) is 0 Å². The summed E-state index contributed by atoms with van der Waals surface area (Å²) in [4.78, 5) is 57.3. The van der Waals surface area contributed by atoms with Crippen molar-refractivity contribution < 1.29 is 67.3 Å². The van der Waals surface area contributed by atoms with Gasteiger partial charge in [0.25, 0.3) is 0 Å². The number of rotatable bonds is 11. The van der Waals surface area contributed by atoms with E-state index in [4.69, 9.17) is 37.9 Å². The van der Waals surface area contributed by atoms with Crippen LogP contribution >= 0.6 is 0 Å². The lowest BCUT2D eigenvalue weighted by Gasteiger charge is -2.68. The highest BCUT2D eigenvalue weighted by atomic mass is 16.8. The van der Waals surface area contributed by atoms with Crippen LogP contribution < -0.4 is 5.32 Å². The summed E-state index contributed by atoms with van der Waals surface area (Å²) in [7, 11) is 1.96. The van der Waals surface area contributed by atoms with Gasteiger partial charge in [-0.15, -0.1) is 0 Å². The van der Waals surface area contributed by atoms with E-state index >= 15 is 0 Å². The number of hydrogen-bond acceptors (Lipinski definition) is 15. The number of ether oxygens (including phenoxy) is 8. The Morgan fingerprint density at radius 2 is 1.67 bits per heavy atom. The first-order valence-corrected chi connectivity index (χ1v) is 22.2. The van der Waals surface area contributed by atoms with Gasteiger partial charge >= 0.3 is 24.0 Å². The lowest BCUT2D eigenvalue weighted by Crippen LogP contribution is -2.79. The molecule has 3 heterocycles. The van der Waals surface area contributed by atoms with E-state index in [2.05, 4.69) is 10.2 Å². The minimum absolute atomic E-state index is 0.0255. The van der Waals surface area contributed by atoms with Crippen LogP contribution in [0.2, 0.25) is 0 Å². The molecular formula is C47H68N2O14. The maximum atomic E-state index is 14.5. The van der Waals surface area contributed by atoms with Crippen LogP contribution in [0.15, 0.2) is 41.5 Å². The summed E-state index contributed by atoms with van der Waals surface area (Å²) in [5, 5.41) is 28.5. The van der Waals surface area contributed by atoms with Crippen molar-refractivity contribution >= 4 is 24.0 Å². The highest BCUT2D eigenvalue weighted by Crippen LogP contribution is 2.67. The SMILES string of the molecule is CCN(C)C[C@]1(C)OC2C3=C(C)[C@@H](OC(=O)[C@H](O)[C@@H](NC(=O)OC(C)(C)C)C4(C)COC4)C[C@@](O)([C@@H](OC(=O)c4ccccc4)C4[C@@](C)(CCC5OC[C@]54OC(C)=O)C2O1)C3(C)C. The Balaban J connectivity index is 1.39. The zero-order chi connectivity index (χ0) is 46.3. The van der Waals surface area contributed by atoms with E-state index in [-0.39, 0.29) is 31.8 Å². The van der Waals surface area contributed by atoms with Crippen LogP contribution in [0.3, 0.4) is 0 Å². The topological polar surface area (TPSA) is 198 Å². The molecule has 5 fully saturated rings. The lowest BCUT2D eigenvalue weighted by molar-refractivity contribution is -0.346. The molecule has 0 radical (unpaired) electrons. The zero-order valence-electron chi connectivity index (χ0n) is 38.9. The van der Waals surface area contributed by atoms with Crippen LogP contribution in [0, 0.1) is 22.2 Å². The Morgan fingerprint density at radius 3 is 2.22 bits per heavy atom. The van der Waals surface area contributed by atoms with Crippen molar-refractivity contribution in [2.45, 2.75) is 161 Å². The normalized spacial score (nSPS) is 37.3. The molecule has 63 heavy (non-hydrogen) atoms. The molecule has 1 aromatic rings. The number of aliphatic hydroxyl groups is 2. The van der Waals surface area contributed by atoms with Crippen LogP contribution in [-0.2, 0) is 47.5 Å². The first-order valence-electron chi connectivity index (χ1n) is 22.2. The van der Waals surface area contributed by atoms with Crippen molar-refractivity contribution in [3.8, 4) is 0 Å². The van der Waals surface area contributed by atoms with Gasteiger partial charge in [-0.2, -0.15) is 0 Å². The third-order valence-electron chi connectivity index (χ3n) is 14.9. The molecule has 6 aliphatic rings. The minimum atomic E-state index is -2.06. The second kappa shape index (κ2) is 16.4. The van der Waals surface area contributed by atoms with E-state index in [1.165, 1.54) is 6.92 Å². The van der Waals surface area contributed by atoms with Crippen molar-refractivity contribution in [2.24, 2.45) is 22.2 Å². The predicted molar refractivity (Wildman–Crippen MR) is 226 cm³/mol. The lowest BCUT2D eigenvalue weighted by atomic mass is 9.45. The van der Waals surface area contributed by atoms with E-state index < -0.39 is 111 Å². The highest BCUT2D eigenvalue weighted by molar-refractivity contribution is 5.89. The molecule has 0 aromatic heterocycles. The van der Waals surface area contributed by atoms with Crippen molar-refractivity contribution in [1.82, 2.24) is 10.2 Å². The molecule has 3 N–H and O–H groups in total. The van der Waals surface area contributed by atoms with Gasteiger partial charge in [-0.05, 0) is 84.3 Å². The number of amides is 1. The summed E-state index contributed by atoms with van der Waals surface area (Å²) in [6, 6.07) is 7.26. The van der Waals surface area contributed by atoms with E-state index in [1.54, 1.807) is 58.0 Å². The van der Waals surface area contributed by atoms with Gasteiger partial charge in [0, 0.05) is 29.6 Å². The van der Waals surface area contributed by atoms with Crippen LogP contribution in [0.4, 0.5) is 4.79 Å². The van der Waals surface area contributed by atoms with Gasteiger partial charge in [0.2, 0.25) is 0 Å². The fraction of sp³-hybridized carbons (Fsp3) is 0.745. The summed E-state index contributed by atoms with van der Waals surface area (Å²) in [5.74, 6) is -4.47. The van der Waals surface area contributed by atoms with Gasteiger partial charge in [-0.25, -0.2) is 14.4 Å². The number of carbonyl (C=O) groups is 4. The van der Waals surface area contributed by atoms with Crippen LogP contribution in [0.25, 0.3) is 0 Å². The molecule has 3 aliphatic heterocycles. The van der Waals surface area contributed by atoms with E-state index in [9.17, 15) is 29.4 Å². The number of nitrogens with one attached hydrogen (secondary N) is 1. The van der Waals surface area contributed by atoms with E-state index in [0.29, 0.717) is 37.1 Å².